The molecule has 0 atom stereocenters. The molecule has 2 rings (SSSR count). The van der Waals surface area contributed by atoms with Gasteiger partial charge < -0.3 is 14.2 Å². The quantitative estimate of drug-likeness (QED) is 0.667. The Bertz CT molecular complexity index is 499. The molecule has 0 radical (unpaired) electrons. The van der Waals surface area contributed by atoms with E-state index >= 15 is 0 Å². The molecule has 6 nitrogen and oxygen atoms in total. The lowest BCUT2D eigenvalue weighted by molar-refractivity contribution is 0.152. The highest BCUT2D eigenvalue weighted by Gasteiger charge is 2.13. The molecule has 0 aliphatic carbocycles. The molecule has 6 heteroatoms. The third kappa shape index (κ3) is 3.61. The molecule has 0 saturated heterocycles. The van der Waals surface area contributed by atoms with Gasteiger partial charge in [0.25, 0.3) is 0 Å². The van der Waals surface area contributed by atoms with Crippen molar-refractivity contribution in [2.75, 3.05) is 13.4 Å². The van der Waals surface area contributed by atoms with Crippen molar-refractivity contribution in [3.8, 4) is 11.5 Å². The van der Waals surface area contributed by atoms with E-state index in [0.717, 1.165) is 22.8 Å². The molecule has 0 unspecified atom stereocenters. The van der Waals surface area contributed by atoms with Crippen LogP contribution in [0.25, 0.3) is 0 Å². The summed E-state index contributed by atoms with van der Waals surface area (Å²) in [6.45, 7) is 4.15. The number of rotatable bonds is 4. The highest BCUT2D eigenvalue weighted by Crippen LogP contribution is 2.32. The molecule has 1 heterocycles. The first-order valence-corrected chi connectivity index (χ1v) is 6.03. The summed E-state index contributed by atoms with van der Waals surface area (Å²) in [5.74, 6) is 1.49. The van der Waals surface area contributed by atoms with Crippen LogP contribution in [0.15, 0.2) is 23.3 Å². The summed E-state index contributed by atoms with van der Waals surface area (Å²) in [7, 11) is 0. The second kappa shape index (κ2) is 6.08. The van der Waals surface area contributed by atoms with Crippen LogP contribution in [0.1, 0.15) is 19.4 Å². The third-order valence-corrected chi connectivity index (χ3v) is 2.51. The van der Waals surface area contributed by atoms with Gasteiger partial charge in [0.2, 0.25) is 6.79 Å². The zero-order valence-corrected chi connectivity index (χ0v) is 10.9. The molecule has 0 saturated carbocycles. The summed E-state index contributed by atoms with van der Waals surface area (Å²) in [5, 5.41) is 3.95. The predicted octanol–water partition coefficient (Wildman–Crippen LogP) is 2.08. The van der Waals surface area contributed by atoms with Crippen molar-refractivity contribution in [3.05, 3.63) is 23.8 Å². The summed E-state index contributed by atoms with van der Waals surface area (Å²) in [6, 6.07) is 5.71. The van der Waals surface area contributed by atoms with Gasteiger partial charge in [-0.25, -0.2) is 10.2 Å². The normalized spacial score (nSPS) is 13.3. The summed E-state index contributed by atoms with van der Waals surface area (Å²) < 4.78 is 15.2. The maximum Gasteiger partial charge on any atom is 0.427 e. The van der Waals surface area contributed by atoms with Gasteiger partial charge in [-0.2, -0.15) is 5.10 Å². The number of nitrogens with one attached hydrogen (secondary N) is 1. The molecule has 1 N–H and O–H groups in total. The van der Waals surface area contributed by atoms with Crippen LogP contribution >= 0.6 is 0 Å². The number of ether oxygens (including phenoxy) is 3. The number of carbonyl (C=O) groups is 1. The van der Waals surface area contributed by atoms with Gasteiger partial charge in [-0.3, -0.25) is 0 Å². The second-order valence-corrected chi connectivity index (χ2v) is 4.04. The zero-order chi connectivity index (χ0) is 13.7. The largest absolute Gasteiger partial charge is 0.454 e. The average Bonchev–Trinajstić information content (AvgIpc) is 2.84. The van der Waals surface area contributed by atoms with Crippen molar-refractivity contribution in [1.82, 2.24) is 5.43 Å². The fraction of sp³-hybridized carbons (Fsp3) is 0.385. The van der Waals surface area contributed by atoms with Gasteiger partial charge in [-0.15, -0.1) is 0 Å². The van der Waals surface area contributed by atoms with Gasteiger partial charge in [0, 0.05) is 12.1 Å². The lowest BCUT2D eigenvalue weighted by atomic mass is 10.1. The van der Waals surface area contributed by atoms with E-state index in [1.807, 2.05) is 25.1 Å². The number of fused-ring (bicyclic) bond motifs is 1. The van der Waals surface area contributed by atoms with E-state index in [-0.39, 0.29) is 6.79 Å². The number of hydrazone groups is 1. The first-order valence-electron chi connectivity index (χ1n) is 6.03. The number of amides is 1. The predicted molar refractivity (Wildman–Crippen MR) is 69.5 cm³/mol. The second-order valence-electron chi connectivity index (χ2n) is 4.04. The van der Waals surface area contributed by atoms with E-state index in [0.29, 0.717) is 13.0 Å². The zero-order valence-electron chi connectivity index (χ0n) is 10.9. The van der Waals surface area contributed by atoms with Crippen molar-refractivity contribution in [2.24, 2.45) is 5.10 Å². The van der Waals surface area contributed by atoms with E-state index in [2.05, 4.69) is 10.5 Å². The summed E-state index contributed by atoms with van der Waals surface area (Å²) in [6.07, 6.45) is 0.0656. The monoisotopic (exact) mass is 264 g/mol. The van der Waals surface area contributed by atoms with Crippen LogP contribution in [0, 0.1) is 0 Å². The molecule has 1 amide bonds. The van der Waals surface area contributed by atoms with Crippen LogP contribution < -0.4 is 14.9 Å². The minimum atomic E-state index is -0.549. The Morgan fingerprint density at radius 2 is 2.21 bits per heavy atom. The fourth-order valence-electron chi connectivity index (χ4n) is 1.69. The smallest absolute Gasteiger partial charge is 0.427 e. The number of carbonyl (C=O) groups excluding carboxylic acids is 1. The van der Waals surface area contributed by atoms with E-state index < -0.39 is 6.09 Å². The molecule has 0 spiro atoms. The van der Waals surface area contributed by atoms with Gasteiger partial charge in [0.1, 0.15) is 0 Å². The number of benzene rings is 1. The maximum absolute atomic E-state index is 11.1. The number of hydrogen-bond donors (Lipinski definition) is 1. The van der Waals surface area contributed by atoms with E-state index in [1.54, 1.807) is 6.92 Å². The average molecular weight is 264 g/mol. The molecule has 1 aromatic carbocycles. The van der Waals surface area contributed by atoms with Gasteiger partial charge >= 0.3 is 6.09 Å². The molecule has 0 fully saturated rings. The highest BCUT2D eigenvalue weighted by atomic mass is 16.7. The van der Waals surface area contributed by atoms with Crippen molar-refractivity contribution in [3.63, 3.8) is 0 Å². The van der Waals surface area contributed by atoms with Crippen LogP contribution in [-0.2, 0) is 11.2 Å². The lowest BCUT2D eigenvalue weighted by Crippen LogP contribution is -2.20. The summed E-state index contributed by atoms with van der Waals surface area (Å²) in [4.78, 5) is 11.1. The van der Waals surface area contributed by atoms with E-state index in [1.165, 1.54) is 0 Å². The SMILES string of the molecule is CCOC(=O)N/N=C(/C)Cc1ccc2c(c1)OCO2. The molecule has 1 aliphatic heterocycles. The van der Waals surface area contributed by atoms with Crippen molar-refractivity contribution < 1.29 is 19.0 Å². The standard InChI is InChI=1S/C13H16N2O4/c1-3-17-13(16)15-14-9(2)6-10-4-5-11-12(7-10)19-8-18-11/h4-5,7H,3,6,8H2,1-2H3,(H,15,16)/b14-9-. The Morgan fingerprint density at radius 3 is 3.00 bits per heavy atom. The summed E-state index contributed by atoms with van der Waals surface area (Å²) in [5.41, 5.74) is 4.14. The Balaban J connectivity index is 1.93. The minimum absolute atomic E-state index is 0.260. The van der Waals surface area contributed by atoms with Crippen LogP contribution in [-0.4, -0.2) is 25.2 Å². The Hall–Kier alpha value is -2.24. The molecular weight excluding hydrogens is 248 g/mol. The van der Waals surface area contributed by atoms with Gasteiger partial charge in [-0.1, -0.05) is 6.07 Å². The van der Waals surface area contributed by atoms with Crippen molar-refractivity contribution in [2.45, 2.75) is 20.3 Å². The molecule has 102 valence electrons. The molecule has 0 bridgehead atoms. The molecule has 19 heavy (non-hydrogen) atoms. The van der Waals surface area contributed by atoms with Gasteiger partial charge in [0.05, 0.1) is 6.61 Å². The third-order valence-electron chi connectivity index (χ3n) is 2.51. The highest BCUT2D eigenvalue weighted by molar-refractivity contribution is 5.85. The molecular formula is C13H16N2O4. The van der Waals surface area contributed by atoms with E-state index in [9.17, 15) is 4.79 Å². The topological polar surface area (TPSA) is 69.2 Å². The van der Waals surface area contributed by atoms with Crippen LogP contribution in [0.4, 0.5) is 4.79 Å². The Kier molecular flexibility index (Phi) is 4.22. The van der Waals surface area contributed by atoms with Crippen LogP contribution in [0.5, 0.6) is 11.5 Å². The van der Waals surface area contributed by atoms with Crippen LogP contribution in [0.3, 0.4) is 0 Å². The number of nitrogens with zero attached hydrogens (tertiary/aromatic N) is 1. The van der Waals surface area contributed by atoms with E-state index in [4.69, 9.17) is 14.2 Å². The molecule has 0 aromatic heterocycles. The number of hydrogen-bond acceptors (Lipinski definition) is 5. The van der Waals surface area contributed by atoms with Crippen molar-refractivity contribution in [1.29, 1.82) is 0 Å². The minimum Gasteiger partial charge on any atom is -0.454 e. The maximum atomic E-state index is 11.1. The first kappa shape index (κ1) is 13.2. The summed E-state index contributed by atoms with van der Waals surface area (Å²) >= 11 is 0. The van der Waals surface area contributed by atoms with Crippen LogP contribution in [0.2, 0.25) is 0 Å². The Morgan fingerprint density at radius 1 is 1.42 bits per heavy atom. The Labute approximate surface area is 111 Å². The fourth-order valence-corrected chi connectivity index (χ4v) is 1.69. The van der Waals surface area contributed by atoms with Gasteiger partial charge in [-0.05, 0) is 31.5 Å². The molecule has 1 aromatic rings. The lowest BCUT2D eigenvalue weighted by Gasteiger charge is -2.04. The van der Waals surface area contributed by atoms with Gasteiger partial charge in [0.15, 0.2) is 11.5 Å². The first-order chi connectivity index (χ1) is 9.19. The van der Waals surface area contributed by atoms with Crippen molar-refractivity contribution >= 4 is 11.8 Å². The molecule has 1 aliphatic rings.